The van der Waals surface area contributed by atoms with Crippen molar-refractivity contribution in [3.63, 3.8) is 0 Å². The molecular formula is C27H26N8O2. The number of carbonyl (C=O) groups excluding carboxylic acids is 2. The van der Waals surface area contributed by atoms with E-state index in [0.717, 1.165) is 28.0 Å². The van der Waals surface area contributed by atoms with Gasteiger partial charge in [-0.1, -0.05) is 36.4 Å². The lowest BCUT2D eigenvalue weighted by atomic mass is 10.1. The highest BCUT2D eigenvalue weighted by Crippen LogP contribution is 2.30. The highest BCUT2D eigenvalue weighted by atomic mass is 16.2. The molecule has 0 bridgehead atoms. The number of rotatable bonds is 7. The number of nitrogens with zero attached hydrogens (tertiary/aromatic N) is 4. The van der Waals surface area contributed by atoms with Gasteiger partial charge in [0.1, 0.15) is 12.0 Å². The van der Waals surface area contributed by atoms with E-state index in [9.17, 15) is 9.59 Å². The van der Waals surface area contributed by atoms with Crippen molar-refractivity contribution >= 4 is 28.9 Å². The van der Waals surface area contributed by atoms with Gasteiger partial charge in [-0.15, -0.1) is 0 Å². The predicted molar refractivity (Wildman–Crippen MR) is 141 cm³/mol. The average molecular weight is 495 g/mol. The molecule has 3 heterocycles. The van der Waals surface area contributed by atoms with Gasteiger partial charge in [-0.25, -0.2) is 14.8 Å². The molecule has 3 amide bonds. The third kappa shape index (κ3) is 5.18. The summed E-state index contributed by atoms with van der Waals surface area (Å²) in [5, 5.41) is 8.39. The zero-order valence-electron chi connectivity index (χ0n) is 20.4. The molecule has 0 radical (unpaired) electrons. The molecule has 0 spiro atoms. The molecule has 37 heavy (non-hydrogen) atoms. The first-order chi connectivity index (χ1) is 18.0. The number of imidazole rings is 2. The molecule has 0 saturated carbocycles. The van der Waals surface area contributed by atoms with E-state index in [1.54, 1.807) is 23.3 Å². The number of benzene rings is 2. The number of nitrogens with one attached hydrogen (secondary N) is 4. The molecule has 0 aliphatic carbocycles. The number of hydrogen-bond acceptors (Lipinski definition) is 5. The fraction of sp³-hybridized carbons (Fsp3) is 0.148. The van der Waals surface area contributed by atoms with Crippen LogP contribution in [0.2, 0.25) is 0 Å². The van der Waals surface area contributed by atoms with Crippen molar-refractivity contribution in [1.82, 2.24) is 35.1 Å². The summed E-state index contributed by atoms with van der Waals surface area (Å²) in [5.41, 5.74) is 4.93. The van der Waals surface area contributed by atoms with E-state index in [-0.39, 0.29) is 18.0 Å². The van der Waals surface area contributed by atoms with Gasteiger partial charge in [0.2, 0.25) is 5.95 Å². The van der Waals surface area contributed by atoms with Gasteiger partial charge in [0.25, 0.3) is 5.91 Å². The van der Waals surface area contributed by atoms with E-state index >= 15 is 0 Å². The van der Waals surface area contributed by atoms with Gasteiger partial charge >= 0.3 is 6.03 Å². The largest absolute Gasteiger partial charge is 0.344 e. The molecular weight excluding hydrogens is 468 g/mol. The Morgan fingerprint density at radius 1 is 1.05 bits per heavy atom. The number of amides is 3. The molecule has 10 heteroatoms. The summed E-state index contributed by atoms with van der Waals surface area (Å²) in [7, 11) is 0. The lowest BCUT2D eigenvalue weighted by molar-refractivity contribution is 0.0935. The molecule has 0 aliphatic rings. The van der Waals surface area contributed by atoms with E-state index in [1.807, 2.05) is 74.5 Å². The number of H-pyrrole nitrogens is 1. The Hall–Kier alpha value is -4.99. The summed E-state index contributed by atoms with van der Waals surface area (Å²) < 4.78 is 1.76. The van der Waals surface area contributed by atoms with Crippen molar-refractivity contribution in [2.45, 2.75) is 19.9 Å². The Labute approximate surface area is 213 Å². The Bertz CT molecular complexity index is 1540. The fourth-order valence-corrected chi connectivity index (χ4v) is 4.02. The van der Waals surface area contributed by atoms with Crippen molar-refractivity contribution in [3.05, 3.63) is 90.6 Å². The highest BCUT2D eigenvalue weighted by molar-refractivity contribution is 5.96. The van der Waals surface area contributed by atoms with E-state index in [4.69, 9.17) is 0 Å². The molecule has 0 aliphatic heterocycles. The van der Waals surface area contributed by atoms with Gasteiger partial charge in [0.15, 0.2) is 0 Å². The molecule has 186 valence electrons. The standard InChI is InChI=1S/C27H26N8O2/c1-3-28-27(37)34-26-32-22-14-19(13-20(24(22)33-26)21-11-7-8-12-29-21)35-15-23(30-16-35)25(36)31-17(2)18-9-5-4-6-10-18/h4-17H,3H2,1-2H3,(H,31,36)(H3,28,32,33,34,37)/t17-/m0/s1. The van der Waals surface area contributed by atoms with E-state index in [1.165, 1.54) is 0 Å². The minimum absolute atomic E-state index is 0.161. The summed E-state index contributed by atoms with van der Waals surface area (Å²) in [5.74, 6) is 0.0465. The van der Waals surface area contributed by atoms with Gasteiger partial charge in [-0.05, 0) is 43.7 Å². The van der Waals surface area contributed by atoms with Gasteiger partial charge in [-0.2, -0.15) is 0 Å². The van der Waals surface area contributed by atoms with Gasteiger partial charge in [0, 0.05) is 30.2 Å². The second-order valence-electron chi connectivity index (χ2n) is 8.44. The maximum Gasteiger partial charge on any atom is 0.321 e. The number of urea groups is 1. The van der Waals surface area contributed by atoms with Gasteiger partial charge in [0.05, 0.1) is 22.8 Å². The van der Waals surface area contributed by atoms with Crippen molar-refractivity contribution in [2.75, 3.05) is 11.9 Å². The van der Waals surface area contributed by atoms with Crippen molar-refractivity contribution < 1.29 is 9.59 Å². The Kier molecular flexibility index (Phi) is 6.62. The van der Waals surface area contributed by atoms with Crippen LogP contribution in [0.25, 0.3) is 28.0 Å². The molecule has 0 unspecified atom stereocenters. The predicted octanol–water partition coefficient (Wildman–Crippen LogP) is 4.44. The molecule has 0 saturated heterocycles. The molecule has 1 atom stereocenters. The van der Waals surface area contributed by atoms with E-state index in [0.29, 0.717) is 23.7 Å². The van der Waals surface area contributed by atoms with Crippen LogP contribution in [0.1, 0.15) is 35.9 Å². The zero-order valence-corrected chi connectivity index (χ0v) is 20.4. The number of pyridine rings is 1. The number of carbonyl (C=O) groups is 2. The fourth-order valence-electron chi connectivity index (χ4n) is 4.02. The van der Waals surface area contributed by atoms with Crippen molar-refractivity contribution in [3.8, 4) is 16.9 Å². The number of aromatic amines is 1. The summed E-state index contributed by atoms with van der Waals surface area (Å²) in [6.45, 7) is 4.27. The molecule has 5 rings (SSSR count). The summed E-state index contributed by atoms with van der Waals surface area (Å²) in [6.07, 6.45) is 4.98. The number of aromatic nitrogens is 5. The monoisotopic (exact) mass is 494 g/mol. The second kappa shape index (κ2) is 10.3. The van der Waals surface area contributed by atoms with Crippen LogP contribution in [0.5, 0.6) is 0 Å². The molecule has 3 aromatic heterocycles. The SMILES string of the molecule is CCNC(=O)Nc1nc2cc(-n3cnc(C(=O)N[C@@H](C)c4ccccc4)c3)cc(-c3ccccn3)c2[nH]1. The molecule has 2 aromatic carbocycles. The van der Waals surface area contributed by atoms with Crippen LogP contribution < -0.4 is 16.0 Å². The third-order valence-electron chi connectivity index (χ3n) is 5.85. The Morgan fingerprint density at radius 2 is 1.86 bits per heavy atom. The maximum atomic E-state index is 12.9. The van der Waals surface area contributed by atoms with Crippen LogP contribution in [-0.2, 0) is 0 Å². The zero-order chi connectivity index (χ0) is 25.8. The first-order valence-corrected chi connectivity index (χ1v) is 11.9. The molecule has 0 fully saturated rings. The number of hydrogen-bond donors (Lipinski definition) is 4. The van der Waals surface area contributed by atoms with Crippen molar-refractivity contribution in [1.29, 1.82) is 0 Å². The maximum absolute atomic E-state index is 12.9. The number of anilines is 1. The molecule has 10 nitrogen and oxygen atoms in total. The van der Waals surface area contributed by atoms with Gasteiger partial charge < -0.3 is 20.2 Å². The summed E-state index contributed by atoms with van der Waals surface area (Å²) in [6, 6.07) is 18.7. The first-order valence-electron chi connectivity index (χ1n) is 11.9. The minimum atomic E-state index is -0.351. The second-order valence-corrected chi connectivity index (χ2v) is 8.44. The average Bonchev–Trinajstić information content (AvgIpc) is 3.56. The van der Waals surface area contributed by atoms with E-state index < -0.39 is 0 Å². The van der Waals surface area contributed by atoms with Crippen LogP contribution in [0.15, 0.2) is 79.4 Å². The summed E-state index contributed by atoms with van der Waals surface area (Å²) >= 11 is 0. The van der Waals surface area contributed by atoms with Crippen LogP contribution in [0.3, 0.4) is 0 Å². The normalized spacial score (nSPS) is 11.7. The highest BCUT2D eigenvalue weighted by Gasteiger charge is 2.17. The van der Waals surface area contributed by atoms with Crippen LogP contribution in [0.4, 0.5) is 10.7 Å². The Balaban J connectivity index is 1.47. The van der Waals surface area contributed by atoms with Crippen molar-refractivity contribution in [2.24, 2.45) is 0 Å². The minimum Gasteiger partial charge on any atom is -0.344 e. The lowest BCUT2D eigenvalue weighted by Gasteiger charge is -2.13. The number of fused-ring (bicyclic) bond motifs is 1. The third-order valence-corrected chi connectivity index (χ3v) is 5.85. The van der Waals surface area contributed by atoms with Crippen LogP contribution >= 0.6 is 0 Å². The van der Waals surface area contributed by atoms with Gasteiger partial charge in [-0.3, -0.25) is 15.1 Å². The Morgan fingerprint density at radius 3 is 2.62 bits per heavy atom. The quantitative estimate of drug-likeness (QED) is 0.266. The molecule has 4 N–H and O–H groups in total. The first kappa shape index (κ1) is 23.7. The lowest BCUT2D eigenvalue weighted by Crippen LogP contribution is -2.28. The van der Waals surface area contributed by atoms with Crippen LogP contribution in [0, 0.1) is 0 Å². The topological polar surface area (TPSA) is 130 Å². The van der Waals surface area contributed by atoms with E-state index in [2.05, 4.69) is 35.9 Å². The molecule has 5 aromatic rings. The summed E-state index contributed by atoms with van der Waals surface area (Å²) in [4.78, 5) is 41.4. The smallest absolute Gasteiger partial charge is 0.321 e. The van der Waals surface area contributed by atoms with Crippen LogP contribution in [-0.4, -0.2) is 43.0 Å².